The molecule has 1 aromatic rings. The SMILES string of the molecule is C=CCN(C(=O)[C@@H]1N(CCCCCCO)C(=O)[C@H]2[C@H](C(=O)O)[C@H]3O[C@@]12CC3Br)c1cc(C)ccc1C. The number of carbonyl (C=O) groups is 3. The Balaban J connectivity index is 1.75. The van der Waals surface area contributed by atoms with Crippen LogP contribution in [0.2, 0.25) is 0 Å². The maximum Gasteiger partial charge on any atom is 0.310 e. The number of amides is 2. The molecule has 196 valence electrons. The Kier molecular flexibility index (Phi) is 7.92. The van der Waals surface area contributed by atoms with E-state index in [0.717, 1.165) is 29.7 Å². The molecular weight excluding hydrogens is 528 g/mol. The van der Waals surface area contributed by atoms with E-state index in [0.29, 0.717) is 25.8 Å². The van der Waals surface area contributed by atoms with E-state index in [2.05, 4.69) is 22.5 Å². The highest BCUT2D eigenvalue weighted by Gasteiger charge is 2.76. The molecule has 4 rings (SSSR count). The second-order valence-corrected chi connectivity index (χ2v) is 11.4. The van der Waals surface area contributed by atoms with Crippen molar-refractivity contribution in [1.82, 2.24) is 4.90 Å². The first-order chi connectivity index (χ1) is 17.2. The maximum absolute atomic E-state index is 14.4. The Labute approximate surface area is 220 Å². The molecule has 3 aliphatic rings. The van der Waals surface area contributed by atoms with Crippen molar-refractivity contribution in [3.63, 3.8) is 0 Å². The number of carbonyl (C=O) groups excluding carboxylic acids is 2. The van der Waals surface area contributed by atoms with Gasteiger partial charge in [0.1, 0.15) is 11.6 Å². The second-order valence-electron chi connectivity index (χ2n) is 10.2. The number of unbranched alkanes of at least 4 members (excludes halogenated alkanes) is 3. The summed E-state index contributed by atoms with van der Waals surface area (Å²) in [4.78, 5) is 43.5. The lowest BCUT2D eigenvalue weighted by atomic mass is 9.70. The molecule has 1 spiro atoms. The maximum atomic E-state index is 14.4. The van der Waals surface area contributed by atoms with Gasteiger partial charge in [0.25, 0.3) is 5.91 Å². The number of aliphatic hydroxyl groups is 1. The smallest absolute Gasteiger partial charge is 0.310 e. The van der Waals surface area contributed by atoms with Crippen molar-refractivity contribution in [3.8, 4) is 0 Å². The normalized spacial score (nSPS) is 30.5. The monoisotopic (exact) mass is 562 g/mol. The molecule has 2 amide bonds. The number of carboxylic acid groups (broad SMARTS) is 1. The predicted molar refractivity (Wildman–Crippen MR) is 139 cm³/mol. The zero-order valence-electron chi connectivity index (χ0n) is 20.9. The van der Waals surface area contributed by atoms with Crippen LogP contribution in [-0.2, 0) is 19.1 Å². The molecular formula is C27H35BrN2O6. The third-order valence-corrected chi connectivity index (χ3v) is 8.69. The fourth-order valence-electron chi connectivity index (χ4n) is 6.27. The Morgan fingerprint density at radius 3 is 2.67 bits per heavy atom. The number of ether oxygens (including phenoxy) is 1. The van der Waals surface area contributed by atoms with Crippen molar-refractivity contribution in [2.24, 2.45) is 11.8 Å². The minimum atomic E-state index is -1.20. The molecule has 0 saturated carbocycles. The fraction of sp³-hybridized carbons (Fsp3) is 0.593. The number of nitrogens with zero attached hydrogens (tertiary/aromatic N) is 2. The number of benzene rings is 1. The summed E-state index contributed by atoms with van der Waals surface area (Å²) >= 11 is 3.58. The number of fused-ring (bicyclic) bond motifs is 1. The van der Waals surface area contributed by atoms with Crippen LogP contribution in [0, 0.1) is 25.7 Å². The van der Waals surface area contributed by atoms with E-state index < -0.39 is 35.6 Å². The average Bonchev–Trinajstić information content (AvgIpc) is 3.42. The largest absolute Gasteiger partial charge is 0.481 e. The van der Waals surface area contributed by atoms with Crippen molar-refractivity contribution in [3.05, 3.63) is 42.0 Å². The van der Waals surface area contributed by atoms with Crippen molar-refractivity contribution < 1.29 is 29.3 Å². The van der Waals surface area contributed by atoms with E-state index >= 15 is 0 Å². The summed E-state index contributed by atoms with van der Waals surface area (Å²) in [5.74, 6) is -3.56. The van der Waals surface area contributed by atoms with Crippen LogP contribution in [0.3, 0.4) is 0 Å². The van der Waals surface area contributed by atoms with E-state index in [-0.39, 0.29) is 29.8 Å². The van der Waals surface area contributed by atoms with Gasteiger partial charge in [-0.2, -0.15) is 0 Å². The molecule has 9 heteroatoms. The van der Waals surface area contributed by atoms with Gasteiger partial charge < -0.3 is 24.7 Å². The topological polar surface area (TPSA) is 107 Å². The van der Waals surface area contributed by atoms with E-state index in [1.54, 1.807) is 15.9 Å². The highest BCUT2D eigenvalue weighted by molar-refractivity contribution is 9.09. The van der Waals surface area contributed by atoms with Crippen LogP contribution >= 0.6 is 15.9 Å². The molecule has 1 aromatic carbocycles. The number of likely N-dealkylation sites (tertiary alicyclic amines) is 1. The number of rotatable bonds is 11. The first-order valence-corrected chi connectivity index (χ1v) is 13.5. The highest BCUT2D eigenvalue weighted by Crippen LogP contribution is 2.60. The fourth-order valence-corrected chi connectivity index (χ4v) is 7.22. The average molecular weight is 563 g/mol. The van der Waals surface area contributed by atoms with E-state index in [4.69, 9.17) is 9.84 Å². The van der Waals surface area contributed by atoms with Gasteiger partial charge in [-0.15, -0.1) is 6.58 Å². The van der Waals surface area contributed by atoms with Gasteiger partial charge in [0.15, 0.2) is 0 Å². The van der Waals surface area contributed by atoms with Gasteiger partial charge in [-0.3, -0.25) is 14.4 Å². The van der Waals surface area contributed by atoms with Crippen molar-refractivity contribution in [1.29, 1.82) is 0 Å². The van der Waals surface area contributed by atoms with Crippen LogP contribution in [0.5, 0.6) is 0 Å². The van der Waals surface area contributed by atoms with Crippen LogP contribution in [-0.4, -0.2) is 75.2 Å². The molecule has 1 unspecified atom stereocenters. The summed E-state index contributed by atoms with van der Waals surface area (Å²) in [5, 5.41) is 19.1. The van der Waals surface area contributed by atoms with Gasteiger partial charge in [-0.25, -0.2) is 0 Å². The first kappa shape index (κ1) is 26.8. The van der Waals surface area contributed by atoms with Gasteiger partial charge in [-0.05, 0) is 50.3 Å². The summed E-state index contributed by atoms with van der Waals surface area (Å²) in [6.07, 6.45) is 4.34. The molecule has 3 aliphatic heterocycles. The second kappa shape index (κ2) is 10.6. The number of hydrogen-bond donors (Lipinski definition) is 2. The molecule has 6 atom stereocenters. The van der Waals surface area contributed by atoms with Crippen LogP contribution in [0.1, 0.15) is 43.2 Å². The number of hydrogen-bond acceptors (Lipinski definition) is 5. The zero-order valence-corrected chi connectivity index (χ0v) is 22.4. The Morgan fingerprint density at radius 2 is 2.00 bits per heavy atom. The molecule has 36 heavy (non-hydrogen) atoms. The van der Waals surface area contributed by atoms with Crippen LogP contribution in [0.4, 0.5) is 5.69 Å². The molecule has 8 nitrogen and oxygen atoms in total. The summed E-state index contributed by atoms with van der Waals surface area (Å²) in [5.41, 5.74) is 1.47. The number of aliphatic hydroxyl groups excluding tert-OH is 1. The molecule has 3 fully saturated rings. The molecule has 3 heterocycles. The highest BCUT2D eigenvalue weighted by atomic mass is 79.9. The number of anilines is 1. The standard InChI is InChI=1S/C27H35BrN2O6/c1-4-11-29(19-14-16(2)9-10-17(19)3)25(33)23-27-15-18(28)22(36-27)20(26(34)35)21(27)24(32)30(23)12-7-5-6-8-13-31/h4,9-10,14,18,20-23,31H,1,5-8,11-13,15H2,2-3H3,(H,34,35)/t18?,20-,21+,22-,23-,27+/m0/s1. The molecule has 3 saturated heterocycles. The number of aryl methyl sites for hydroxylation is 2. The Bertz CT molecular complexity index is 1050. The lowest BCUT2D eigenvalue weighted by Crippen LogP contribution is -2.57. The number of carboxylic acids is 1. The number of halogens is 1. The van der Waals surface area contributed by atoms with Crippen LogP contribution in [0.25, 0.3) is 0 Å². The quantitative estimate of drug-likeness (QED) is 0.243. The van der Waals surface area contributed by atoms with Crippen molar-refractivity contribution >= 4 is 39.4 Å². The molecule has 2 bridgehead atoms. The third-order valence-electron chi connectivity index (χ3n) is 7.85. The van der Waals surface area contributed by atoms with Gasteiger partial charge in [0.2, 0.25) is 5.91 Å². The zero-order chi connectivity index (χ0) is 26.2. The summed E-state index contributed by atoms with van der Waals surface area (Å²) in [6, 6.07) is 4.96. The third kappa shape index (κ3) is 4.39. The molecule has 0 radical (unpaired) electrons. The molecule has 0 aliphatic carbocycles. The summed E-state index contributed by atoms with van der Waals surface area (Å²) < 4.78 is 6.37. The van der Waals surface area contributed by atoms with Crippen LogP contribution < -0.4 is 4.90 Å². The minimum Gasteiger partial charge on any atom is -0.481 e. The first-order valence-electron chi connectivity index (χ1n) is 12.6. The lowest BCUT2D eigenvalue weighted by molar-refractivity contribution is -0.149. The molecule has 0 aromatic heterocycles. The Morgan fingerprint density at radius 1 is 1.28 bits per heavy atom. The van der Waals surface area contributed by atoms with Crippen molar-refractivity contribution in [2.75, 3.05) is 24.6 Å². The van der Waals surface area contributed by atoms with Crippen LogP contribution in [0.15, 0.2) is 30.9 Å². The van der Waals surface area contributed by atoms with Gasteiger partial charge in [0, 0.05) is 30.2 Å². The minimum absolute atomic E-state index is 0.115. The van der Waals surface area contributed by atoms with E-state index in [9.17, 15) is 19.5 Å². The number of alkyl halides is 1. The summed E-state index contributed by atoms with van der Waals surface area (Å²) in [6.45, 7) is 8.44. The molecule has 2 N–H and O–H groups in total. The Hall–Kier alpha value is -2.23. The van der Waals surface area contributed by atoms with Gasteiger partial charge >= 0.3 is 5.97 Å². The van der Waals surface area contributed by atoms with E-state index in [1.165, 1.54) is 0 Å². The lowest BCUT2D eigenvalue weighted by Gasteiger charge is -2.37. The van der Waals surface area contributed by atoms with Crippen molar-refractivity contribution in [2.45, 2.75) is 68.5 Å². The summed E-state index contributed by atoms with van der Waals surface area (Å²) in [7, 11) is 0. The van der Waals surface area contributed by atoms with Gasteiger partial charge in [-0.1, -0.05) is 47.0 Å². The van der Waals surface area contributed by atoms with E-state index in [1.807, 2.05) is 32.0 Å². The predicted octanol–water partition coefficient (Wildman–Crippen LogP) is 3.21. The van der Waals surface area contributed by atoms with Gasteiger partial charge in [0.05, 0.1) is 17.9 Å². The number of aliphatic carboxylic acids is 1.